The number of rotatable bonds is 0. The van der Waals surface area contributed by atoms with Gasteiger partial charge < -0.3 is 11.0 Å². The van der Waals surface area contributed by atoms with Crippen molar-refractivity contribution in [2.24, 2.45) is 0 Å². The van der Waals surface area contributed by atoms with Gasteiger partial charge in [-0.1, -0.05) is 0 Å². The fourth-order valence-electron chi connectivity index (χ4n) is 0. The molecule has 0 rings (SSSR count). The summed E-state index contributed by atoms with van der Waals surface area (Å²) in [5, 5.41) is 0. The van der Waals surface area contributed by atoms with Gasteiger partial charge in [-0.05, 0) is 0 Å². The van der Waals surface area contributed by atoms with E-state index in [1.54, 1.807) is 0 Å². The second kappa shape index (κ2) is 131. The maximum absolute atomic E-state index is 8.53. The van der Waals surface area contributed by atoms with Crippen molar-refractivity contribution in [2.45, 2.75) is 0 Å². The van der Waals surface area contributed by atoms with Crippen LogP contribution in [0.1, 0.15) is 0 Å². The van der Waals surface area contributed by atoms with Crippen LogP contribution < -0.4 is 0 Å². The van der Waals surface area contributed by atoms with Gasteiger partial charge in [0.1, 0.15) is 17.4 Å². The van der Waals surface area contributed by atoms with E-state index in [1.807, 2.05) is 0 Å². The summed E-state index contributed by atoms with van der Waals surface area (Å²) in [4.78, 5) is 0. The van der Waals surface area contributed by atoms with E-state index in [-0.39, 0.29) is 79.6 Å². The summed E-state index contributed by atoms with van der Waals surface area (Å²) in [7, 11) is 0. The number of hydrogen-bond acceptors (Lipinski definition) is 3. The minimum Gasteiger partial charge on any atom is 0 e. The van der Waals surface area contributed by atoms with Gasteiger partial charge in [0.25, 0.3) is 0 Å². The molecule has 0 aromatic rings. The molecule has 0 aromatic carbocycles. The van der Waals surface area contributed by atoms with E-state index < -0.39 is 17.9 Å². The predicted molar refractivity (Wildman–Crippen MR) is 39.7 cm³/mol. The Kier molecular flexibility index (Phi) is 822. The Morgan fingerprint density at radius 1 is 1.00 bits per heavy atom. The predicted octanol–water partition coefficient (Wildman–Crippen LogP) is -3.58. The summed E-state index contributed by atoms with van der Waals surface area (Å²) < 4.78 is 25.2. The minimum absolute atomic E-state index is 0. The molecule has 0 aliphatic heterocycles. The summed E-state index contributed by atoms with van der Waals surface area (Å²) in [6, 6.07) is 0. The maximum Gasteiger partial charge on any atom is 0 e. The zero-order valence-corrected chi connectivity index (χ0v) is 16.4. The molecule has 0 atom stereocenters. The van der Waals surface area contributed by atoms with Gasteiger partial charge in [-0.3, -0.25) is 0 Å². The molecule has 0 aromatic heterocycles. The largest absolute Gasteiger partial charge is 0 e. The number of hydrogen-bond donors (Lipinski definition) is 0. The molecule has 0 amide bonds. The van der Waals surface area contributed by atoms with Gasteiger partial charge in [-0.2, -0.15) is 13.5 Å². The molecule has 0 saturated carbocycles. The van der Waals surface area contributed by atoms with E-state index in [0.29, 0.717) is 0 Å². The standard InChI is InChI=1S/3Al.2H2O.3O.2Re.H2S.2H/h;;;2*1H2;;;;;;1H2;;. The van der Waals surface area contributed by atoms with Crippen molar-refractivity contribution >= 4 is 64.4 Å². The van der Waals surface area contributed by atoms with Crippen LogP contribution in [0, 0.1) is 0 Å². The fourth-order valence-corrected chi connectivity index (χ4v) is 0. The van der Waals surface area contributed by atoms with E-state index in [4.69, 9.17) is 10.7 Å². The molecule has 5 nitrogen and oxygen atoms in total. The molecule has 0 saturated heterocycles. The Hall–Kier alpha value is 2.59. The van der Waals surface area contributed by atoms with Crippen LogP contribution in [0.25, 0.3) is 0 Å². The van der Waals surface area contributed by atoms with Crippen molar-refractivity contribution in [1.29, 1.82) is 0 Å². The smallest absolute Gasteiger partial charge is 0 e. The van der Waals surface area contributed by atoms with Gasteiger partial charge >= 0.3 is 44.9 Å². The van der Waals surface area contributed by atoms with Crippen LogP contribution in [-0.2, 0) is 49.1 Å². The van der Waals surface area contributed by atoms with E-state index in [2.05, 4.69) is 0 Å². The molecule has 0 spiro atoms. The average Bonchev–Trinajstić information content (AvgIpc) is 1.46. The quantitative estimate of drug-likeness (QED) is 0.280. The summed E-state index contributed by atoms with van der Waals surface area (Å²) >= 11 is -1.00. The van der Waals surface area contributed by atoms with Gasteiger partial charge in [-0.25, -0.2) is 0 Å². The molecular weight excluding hydrogens is 565 g/mol. The van der Waals surface area contributed by atoms with Crippen LogP contribution in [0.2, 0.25) is 0 Å². The molecule has 0 bridgehead atoms. The molecule has 0 aliphatic rings. The van der Waals surface area contributed by atoms with Crippen molar-refractivity contribution in [2.75, 3.05) is 0 Å². The first-order valence-electron chi connectivity index (χ1n) is 0.544. The first-order valence-corrected chi connectivity index (χ1v) is 3.23. The van der Waals surface area contributed by atoms with Crippen LogP contribution in [0.15, 0.2) is 0 Å². The van der Waals surface area contributed by atoms with Gasteiger partial charge in [0.2, 0.25) is 0 Å². The van der Waals surface area contributed by atoms with E-state index in [9.17, 15) is 0 Å². The van der Waals surface area contributed by atoms with Gasteiger partial charge in [0.05, 0.1) is 0 Å². The van der Waals surface area contributed by atoms with Crippen molar-refractivity contribution < 1.29 is 60.0 Å². The third kappa shape index (κ3) is 210. The van der Waals surface area contributed by atoms with Crippen molar-refractivity contribution in [1.82, 2.24) is 0 Å². The Bertz CT molecular complexity index is 49.0. The van der Waals surface area contributed by atoms with Crippen LogP contribution in [0.3, 0.4) is 0 Å². The molecule has 4 N–H and O–H groups in total. The van der Waals surface area contributed by atoms with Crippen LogP contribution >= 0.6 is 13.5 Å². The Morgan fingerprint density at radius 3 is 1.00 bits per heavy atom. The summed E-state index contributed by atoms with van der Waals surface area (Å²) in [6.07, 6.45) is 0. The summed E-state index contributed by atoms with van der Waals surface area (Å²) in [6.45, 7) is 0. The first-order chi connectivity index (χ1) is 2.41. The maximum atomic E-state index is 8.53. The normalized spacial score (nSPS) is 1.36. The van der Waals surface area contributed by atoms with Crippen LogP contribution in [0.4, 0.5) is 0 Å². The van der Waals surface area contributed by atoms with Gasteiger partial charge in [-0.15, -0.1) is 0 Å². The summed E-state index contributed by atoms with van der Waals surface area (Å²) in [5.74, 6) is 0. The molecule has 6 radical (unpaired) electrons. The molecule has 0 heterocycles. The van der Waals surface area contributed by atoms with Crippen molar-refractivity contribution in [3.05, 3.63) is 0 Å². The molecule has 0 fully saturated rings. The summed E-state index contributed by atoms with van der Waals surface area (Å²) in [5.41, 5.74) is 0. The van der Waals surface area contributed by atoms with E-state index >= 15 is 0 Å². The van der Waals surface area contributed by atoms with Crippen LogP contribution in [-0.4, -0.2) is 61.9 Å². The third-order valence-corrected chi connectivity index (χ3v) is 0. The molecule has 0 aliphatic carbocycles. The average molecular weight is 573 g/mol. The van der Waals surface area contributed by atoms with Crippen LogP contribution in [0.5, 0.6) is 0 Å². The Balaban J connectivity index is -0.00000000181. The zero-order valence-electron chi connectivity index (χ0n) is 5.64. The second-order valence-electron chi connectivity index (χ2n) is 0.0630. The zero-order chi connectivity index (χ0) is 4.71. The van der Waals surface area contributed by atoms with Crippen molar-refractivity contribution in [3.8, 4) is 0 Å². The molecular formula is H8Al3O5Re2S. The molecule has 11 heteroatoms. The molecule has 11 heavy (non-hydrogen) atoms. The topological polar surface area (TPSA) is 114 Å². The Labute approximate surface area is 123 Å². The SMILES string of the molecule is O.O.S.[AlH2].[Al].[O]=[Al].[O]=[Re]=[O].[Re]. The van der Waals surface area contributed by atoms with Gasteiger partial charge in [0.15, 0.2) is 0 Å². The minimum atomic E-state index is -2.17. The van der Waals surface area contributed by atoms with E-state index in [0.717, 1.165) is 0 Å². The molecule has 67 valence electrons. The monoisotopic (exact) mass is 575 g/mol. The fraction of sp³-hybridized carbons (Fsp3) is 0. The Morgan fingerprint density at radius 2 is 1.00 bits per heavy atom. The van der Waals surface area contributed by atoms with Crippen molar-refractivity contribution in [3.63, 3.8) is 0 Å². The third-order valence-electron chi connectivity index (χ3n) is 0. The second-order valence-corrected chi connectivity index (χ2v) is 0.516. The van der Waals surface area contributed by atoms with E-state index in [1.165, 1.54) is 16.2 Å². The molecule has 0 unspecified atom stereocenters. The first kappa shape index (κ1) is 68.9. The van der Waals surface area contributed by atoms with Gasteiger partial charge in [0, 0.05) is 37.8 Å².